The molecule has 4 rings (SSSR count). The number of halogens is 1. The fourth-order valence-electron chi connectivity index (χ4n) is 3.40. The molecule has 0 fully saturated rings. The molecule has 4 nitrogen and oxygen atoms in total. The van der Waals surface area contributed by atoms with E-state index < -0.39 is 16.1 Å². The summed E-state index contributed by atoms with van der Waals surface area (Å²) in [4.78, 5) is 0.270. The molecule has 0 amide bonds. The minimum atomic E-state index is -3.80. The number of aryl methyl sites for hydroxylation is 1. The van der Waals surface area contributed by atoms with Crippen LogP contribution in [0.2, 0.25) is 5.02 Å². The number of hydrogen-bond donors (Lipinski definition) is 0. The van der Waals surface area contributed by atoms with Crippen LogP contribution in [0.1, 0.15) is 29.2 Å². The van der Waals surface area contributed by atoms with Crippen molar-refractivity contribution >= 4 is 27.3 Å². The lowest BCUT2D eigenvalue weighted by molar-refractivity contribution is 0.371. The fraction of sp³-hybridized carbons (Fsp3) is 0.136. The predicted molar refractivity (Wildman–Crippen MR) is 112 cm³/mol. The van der Waals surface area contributed by atoms with Gasteiger partial charge in [-0.3, -0.25) is 0 Å². The second-order valence-corrected chi connectivity index (χ2v) is 8.93. The third kappa shape index (κ3) is 3.43. The van der Waals surface area contributed by atoms with Crippen LogP contribution in [0.4, 0.5) is 0 Å². The molecule has 1 aliphatic heterocycles. The maximum absolute atomic E-state index is 13.5. The standard InChI is InChI=1S/C22H19ClN2O2S/c1-16-7-5-6-10-22(16)28(26,27)25-21(18-11-13-19(23)14-12-18)15-20(24-25)17-8-3-2-4-9-17/h2-14,21H,15H2,1H3/t21-/m0/s1. The van der Waals surface area contributed by atoms with Gasteiger partial charge in [0.1, 0.15) is 0 Å². The van der Waals surface area contributed by atoms with Crippen molar-refractivity contribution in [3.05, 3.63) is 101 Å². The minimum Gasteiger partial charge on any atom is -0.200 e. The Labute approximate surface area is 170 Å². The lowest BCUT2D eigenvalue weighted by atomic mass is 9.99. The number of benzene rings is 3. The molecule has 142 valence electrons. The Hall–Kier alpha value is -2.63. The summed E-state index contributed by atoms with van der Waals surface area (Å²) >= 11 is 6.03. The first-order valence-corrected chi connectivity index (χ1v) is 10.8. The molecule has 0 bridgehead atoms. The SMILES string of the molecule is Cc1ccccc1S(=O)(=O)N1N=C(c2ccccc2)C[C@H]1c1ccc(Cl)cc1. The Morgan fingerprint density at radius 3 is 2.25 bits per heavy atom. The molecule has 0 radical (unpaired) electrons. The number of nitrogens with zero attached hydrogens (tertiary/aromatic N) is 2. The molecule has 3 aromatic carbocycles. The maximum atomic E-state index is 13.5. The van der Waals surface area contributed by atoms with Gasteiger partial charge >= 0.3 is 0 Å². The number of rotatable bonds is 4. The van der Waals surface area contributed by atoms with Gasteiger partial charge in [-0.25, -0.2) is 0 Å². The Balaban J connectivity index is 1.82. The molecule has 28 heavy (non-hydrogen) atoms. The van der Waals surface area contributed by atoms with Gasteiger partial charge in [0.05, 0.1) is 16.6 Å². The zero-order valence-electron chi connectivity index (χ0n) is 15.3. The number of hydrazone groups is 1. The van der Waals surface area contributed by atoms with Crippen LogP contribution in [0, 0.1) is 6.92 Å². The van der Waals surface area contributed by atoms with Gasteiger partial charge in [0.2, 0.25) is 0 Å². The van der Waals surface area contributed by atoms with Crippen LogP contribution in [-0.4, -0.2) is 18.5 Å². The van der Waals surface area contributed by atoms with Crippen molar-refractivity contribution in [2.45, 2.75) is 24.3 Å². The molecule has 0 saturated heterocycles. The predicted octanol–water partition coefficient (Wildman–Crippen LogP) is 5.19. The third-order valence-corrected chi connectivity index (χ3v) is 6.95. The van der Waals surface area contributed by atoms with Gasteiger partial charge in [-0.15, -0.1) is 0 Å². The van der Waals surface area contributed by atoms with E-state index in [4.69, 9.17) is 11.6 Å². The summed E-state index contributed by atoms with van der Waals surface area (Å²) in [6.45, 7) is 1.79. The summed E-state index contributed by atoms with van der Waals surface area (Å²) in [6.07, 6.45) is 0.497. The van der Waals surface area contributed by atoms with Gasteiger partial charge < -0.3 is 0 Å². The van der Waals surface area contributed by atoms with Crippen LogP contribution in [0.25, 0.3) is 0 Å². The number of sulfonamides is 1. The van der Waals surface area contributed by atoms with Crippen LogP contribution < -0.4 is 0 Å². The Kier molecular flexibility index (Phi) is 4.96. The van der Waals surface area contributed by atoms with E-state index in [0.717, 1.165) is 16.8 Å². The van der Waals surface area contributed by atoms with Gasteiger partial charge in [-0.2, -0.15) is 17.9 Å². The third-order valence-electron chi connectivity index (χ3n) is 4.85. The molecule has 0 spiro atoms. The highest BCUT2D eigenvalue weighted by Gasteiger charge is 2.38. The lowest BCUT2D eigenvalue weighted by Gasteiger charge is -2.24. The highest BCUT2D eigenvalue weighted by molar-refractivity contribution is 7.89. The normalized spacial score (nSPS) is 16.9. The summed E-state index contributed by atoms with van der Waals surface area (Å²) in [5, 5.41) is 5.17. The first-order chi connectivity index (χ1) is 13.5. The van der Waals surface area contributed by atoms with E-state index in [9.17, 15) is 8.42 Å². The van der Waals surface area contributed by atoms with E-state index in [-0.39, 0.29) is 4.90 Å². The highest BCUT2D eigenvalue weighted by Crippen LogP contribution is 2.38. The molecule has 0 saturated carbocycles. The first kappa shape index (κ1) is 18.7. The molecule has 6 heteroatoms. The Bertz CT molecular complexity index is 1130. The van der Waals surface area contributed by atoms with Crippen molar-refractivity contribution in [1.82, 2.24) is 4.41 Å². The molecular formula is C22H19ClN2O2S. The summed E-state index contributed by atoms with van der Waals surface area (Å²) in [5.74, 6) is 0. The molecule has 0 aliphatic carbocycles. The van der Waals surface area contributed by atoms with E-state index in [0.29, 0.717) is 17.0 Å². The molecule has 1 atom stereocenters. The van der Waals surface area contributed by atoms with Crippen molar-refractivity contribution in [1.29, 1.82) is 0 Å². The zero-order valence-corrected chi connectivity index (χ0v) is 16.9. The second-order valence-electron chi connectivity index (χ2n) is 6.73. The lowest BCUT2D eigenvalue weighted by Crippen LogP contribution is -2.27. The maximum Gasteiger partial charge on any atom is 0.279 e. The quantitative estimate of drug-likeness (QED) is 0.594. The van der Waals surface area contributed by atoms with Gasteiger partial charge in [0, 0.05) is 11.4 Å². The largest absolute Gasteiger partial charge is 0.279 e. The monoisotopic (exact) mass is 410 g/mol. The first-order valence-electron chi connectivity index (χ1n) is 8.95. The van der Waals surface area contributed by atoms with Gasteiger partial charge in [0.15, 0.2) is 0 Å². The summed E-state index contributed by atoms with van der Waals surface area (Å²) in [6, 6.07) is 23.5. The smallest absolute Gasteiger partial charge is 0.200 e. The summed E-state index contributed by atoms with van der Waals surface area (Å²) in [7, 11) is -3.80. The van der Waals surface area contributed by atoms with E-state index in [1.165, 1.54) is 4.41 Å². The average molecular weight is 411 g/mol. The van der Waals surface area contributed by atoms with Crippen LogP contribution >= 0.6 is 11.6 Å². The van der Waals surface area contributed by atoms with Crippen molar-refractivity contribution in [3.8, 4) is 0 Å². The Morgan fingerprint density at radius 1 is 0.929 bits per heavy atom. The fourth-order valence-corrected chi connectivity index (χ4v) is 5.19. The van der Waals surface area contributed by atoms with Crippen molar-refractivity contribution in [3.63, 3.8) is 0 Å². The van der Waals surface area contributed by atoms with E-state index in [2.05, 4.69) is 5.10 Å². The van der Waals surface area contributed by atoms with Crippen molar-refractivity contribution in [2.24, 2.45) is 5.10 Å². The van der Waals surface area contributed by atoms with E-state index >= 15 is 0 Å². The number of hydrogen-bond acceptors (Lipinski definition) is 3. The van der Waals surface area contributed by atoms with Gasteiger partial charge in [-0.05, 0) is 41.8 Å². The van der Waals surface area contributed by atoms with E-state index in [1.807, 2.05) is 48.5 Å². The molecular weight excluding hydrogens is 392 g/mol. The van der Waals surface area contributed by atoms with Crippen LogP contribution in [0.5, 0.6) is 0 Å². The topological polar surface area (TPSA) is 49.7 Å². The van der Waals surface area contributed by atoms with Crippen molar-refractivity contribution < 1.29 is 8.42 Å². The van der Waals surface area contributed by atoms with Crippen molar-refractivity contribution in [2.75, 3.05) is 0 Å². The molecule has 0 N–H and O–H groups in total. The molecule has 0 aromatic heterocycles. The molecule has 1 aliphatic rings. The summed E-state index contributed by atoms with van der Waals surface area (Å²) in [5.41, 5.74) is 3.22. The van der Waals surface area contributed by atoms with Crippen LogP contribution in [-0.2, 0) is 10.0 Å². The molecule has 3 aromatic rings. The van der Waals surface area contributed by atoms with Crippen LogP contribution in [0.15, 0.2) is 88.9 Å². The molecule has 1 heterocycles. The van der Waals surface area contributed by atoms with Crippen LogP contribution in [0.3, 0.4) is 0 Å². The Morgan fingerprint density at radius 2 is 1.57 bits per heavy atom. The minimum absolute atomic E-state index is 0.270. The van der Waals surface area contributed by atoms with E-state index in [1.54, 1.807) is 37.3 Å². The zero-order chi connectivity index (χ0) is 19.7. The highest BCUT2D eigenvalue weighted by atomic mass is 35.5. The van der Waals surface area contributed by atoms with Gasteiger partial charge in [-0.1, -0.05) is 72.3 Å². The second kappa shape index (κ2) is 7.41. The molecule has 0 unspecified atom stereocenters. The average Bonchev–Trinajstić information content (AvgIpc) is 3.16. The van der Waals surface area contributed by atoms with Gasteiger partial charge in [0.25, 0.3) is 10.0 Å². The summed E-state index contributed by atoms with van der Waals surface area (Å²) < 4.78 is 28.2.